The van der Waals surface area contributed by atoms with E-state index >= 15 is 0 Å². The second-order valence-corrected chi connectivity index (χ2v) is 6.12. The van der Waals surface area contributed by atoms with Crippen molar-refractivity contribution in [2.75, 3.05) is 0 Å². The van der Waals surface area contributed by atoms with Gasteiger partial charge in [-0.15, -0.1) is 11.3 Å². The molecule has 0 saturated carbocycles. The van der Waals surface area contributed by atoms with Crippen LogP contribution in [0.15, 0.2) is 12.4 Å². The van der Waals surface area contributed by atoms with Crippen LogP contribution < -0.4 is 5.32 Å². The van der Waals surface area contributed by atoms with Crippen LogP contribution >= 0.6 is 11.3 Å². The molecule has 1 N–H and O–H groups in total. The number of imidazole rings is 1. The fourth-order valence-corrected chi connectivity index (χ4v) is 3.02. The summed E-state index contributed by atoms with van der Waals surface area (Å²) in [4.78, 5) is 10.5. The van der Waals surface area contributed by atoms with E-state index < -0.39 is 0 Å². The average molecular weight is 278 g/mol. The Morgan fingerprint density at radius 3 is 2.79 bits per heavy atom. The lowest BCUT2D eigenvalue weighted by molar-refractivity contribution is 0.589. The summed E-state index contributed by atoms with van der Waals surface area (Å²) in [5.41, 5.74) is 1.22. The lowest BCUT2D eigenvalue weighted by Crippen LogP contribution is -2.21. The molecule has 0 aliphatic carbocycles. The van der Waals surface area contributed by atoms with E-state index in [4.69, 9.17) is 4.98 Å². The second-order valence-electron chi connectivity index (χ2n) is 5.04. The van der Waals surface area contributed by atoms with Crippen molar-refractivity contribution in [3.05, 3.63) is 23.0 Å². The van der Waals surface area contributed by atoms with Gasteiger partial charge in [0.2, 0.25) is 0 Å². The van der Waals surface area contributed by atoms with Gasteiger partial charge >= 0.3 is 0 Å². The summed E-state index contributed by atoms with van der Waals surface area (Å²) < 4.78 is 2.02. The molecule has 0 saturated heterocycles. The molecule has 0 spiro atoms. The first kappa shape index (κ1) is 14.2. The number of nitrogens with one attached hydrogen (secondary N) is 1. The Kier molecular flexibility index (Phi) is 4.71. The van der Waals surface area contributed by atoms with Gasteiger partial charge in [0.15, 0.2) is 10.8 Å². The van der Waals surface area contributed by atoms with E-state index in [0.717, 1.165) is 30.2 Å². The Bertz CT molecular complexity index is 527. The summed E-state index contributed by atoms with van der Waals surface area (Å²) in [6.45, 7) is 7.43. The molecule has 0 radical (unpaired) electrons. The predicted molar refractivity (Wildman–Crippen MR) is 80.3 cm³/mol. The first-order valence-corrected chi connectivity index (χ1v) is 7.63. The molecule has 0 aliphatic heterocycles. The molecule has 0 amide bonds. The monoisotopic (exact) mass is 278 g/mol. The van der Waals surface area contributed by atoms with Gasteiger partial charge in [-0.2, -0.15) is 0 Å². The SMILES string of the molecule is CCCc1nc(-c2nccn2C)sc1CNC(C)C. The zero-order chi connectivity index (χ0) is 13.8. The third kappa shape index (κ3) is 3.42. The molecular weight excluding hydrogens is 256 g/mol. The van der Waals surface area contributed by atoms with Crippen LogP contribution in [-0.2, 0) is 20.0 Å². The summed E-state index contributed by atoms with van der Waals surface area (Å²) >= 11 is 1.76. The number of rotatable bonds is 6. The molecule has 0 aromatic carbocycles. The molecule has 2 rings (SSSR count). The maximum Gasteiger partial charge on any atom is 0.168 e. The van der Waals surface area contributed by atoms with E-state index in [1.54, 1.807) is 11.3 Å². The quantitative estimate of drug-likeness (QED) is 0.883. The van der Waals surface area contributed by atoms with Crippen molar-refractivity contribution >= 4 is 11.3 Å². The van der Waals surface area contributed by atoms with Crippen LogP contribution in [0.4, 0.5) is 0 Å². The van der Waals surface area contributed by atoms with Crippen LogP contribution in [0.25, 0.3) is 10.8 Å². The Balaban J connectivity index is 2.26. The van der Waals surface area contributed by atoms with Crippen molar-refractivity contribution in [3.8, 4) is 10.8 Å². The zero-order valence-corrected chi connectivity index (χ0v) is 12.9. The van der Waals surface area contributed by atoms with E-state index in [1.165, 1.54) is 10.6 Å². The Hall–Kier alpha value is -1.20. The molecule has 2 aromatic heterocycles. The van der Waals surface area contributed by atoms with Gasteiger partial charge in [0, 0.05) is 36.9 Å². The zero-order valence-electron chi connectivity index (χ0n) is 12.1. The topological polar surface area (TPSA) is 42.7 Å². The van der Waals surface area contributed by atoms with Crippen molar-refractivity contribution < 1.29 is 0 Å². The molecule has 0 bridgehead atoms. The van der Waals surface area contributed by atoms with Gasteiger partial charge in [-0.1, -0.05) is 27.2 Å². The van der Waals surface area contributed by atoms with E-state index in [1.807, 2.05) is 24.0 Å². The Labute approximate surface area is 118 Å². The first-order chi connectivity index (χ1) is 9.11. The number of hydrogen-bond donors (Lipinski definition) is 1. The van der Waals surface area contributed by atoms with Gasteiger partial charge in [0.05, 0.1) is 5.69 Å². The molecule has 104 valence electrons. The summed E-state index contributed by atoms with van der Waals surface area (Å²) in [6, 6.07) is 0.494. The average Bonchev–Trinajstić information content (AvgIpc) is 2.93. The number of thiazole rings is 1. The highest BCUT2D eigenvalue weighted by atomic mass is 32.1. The fraction of sp³-hybridized carbons (Fsp3) is 0.571. The minimum absolute atomic E-state index is 0.494. The second kappa shape index (κ2) is 6.30. The number of aromatic nitrogens is 3. The van der Waals surface area contributed by atoms with Crippen LogP contribution in [0.1, 0.15) is 37.8 Å². The maximum absolute atomic E-state index is 4.78. The minimum Gasteiger partial charge on any atom is -0.332 e. The largest absolute Gasteiger partial charge is 0.332 e. The van der Waals surface area contributed by atoms with Gasteiger partial charge in [0.1, 0.15) is 0 Å². The molecule has 0 atom stereocenters. The molecule has 19 heavy (non-hydrogen) atoms. The highest BCUT2D eigenvalue weighted by Gasteiger charge is 2.14. The van der Waals surface area contributed by atoms with E-state index in [9.17, 15) is 0 Å². The molecule has 4 nitrogen and oxygen atoms in total. The summed E-state index contributed by atoms with van der Waals surface area (Å²) in [6.07, 6.45) is 5.94. The van der Waals surface area contributed by atoms with E-state index in [-0.39, 0.29) is 0 Å². The Morgan fingerprint density at radius 1 is 1.42 bits per heavy atom. The van der Waals surface area contributed by atoms with Crippen molar-refractivity contribution in [2.24, 2.45) is 7.05 Å². The molecule has 2 aromatic rings. The standard InChI is InChI=1S/C14H22N4S/c1-5-6-11-12(9-16-10(2)3)19-14(17-11)13-15-7-8-18(13)4/h7-8,10,16H,5-6,9H2,1-4H3. The Morgan fingerprint density at radius 2 is 2.21 bits per heavy atom. The van der Waals surface area contributed by atoms with Crippen molar-refractivity contribution in [3.63, 3.8) is 0 Å². The van der Waals surface area contributed by atoms with Crippen LogP contribution in [0, 0.1) is 0 Å². The van der Waals surface area contributed by atoms with Gasteiger partial charge in [-0.05, 0) is 6.42 Å². The van der Waals surface area contributed by atoms with Crippen LogP contribution in [0.3, 0.4) is 0 Å². The van der Waals surface area contributed by atoms with Gasteiger partial charge in [0.25, 0.3) is 0 Å². The van der Waals surface area contributed by atoms with Crippen LogP contribution in [0.5, 0.6) is 0 Å². The predicted octanol–water partition coefficient (Wildman–Crippen LogP) is 2.99. The third-order valence-electron chi connectivity index (χ3n) is 2.95. The van der Waals surface area contributed by atoms with Crippen molar-refractivity contribution in [1.29, 1.82) is 0 Å². The van der Waals surface area contributed by atoms with Crippen molar-refractivity contribution in [1.82, 2.24) is 19.9 Å². The molecule has 5 heteroatoms. The first-order valence-electron chi connectivity index (χ1n) is 6.81. The normalized spacial score (nSPS) is 11.4. The molecule has 0 aliphatic rings. The highest BCUT2D eigenvalue weighted by Crippen LogP contribution is 2.27. The smallest absolute Gasteiger partial charge is 0.168 e. The fourth-order valence-electron chi connectivity index (χ4n) is 1.92. The minimum atomic E-state index is 0.494. The third-order valence-corrected chi connectivity index (χ3v) is 4.04. The summed E-state index contributed by atoms with van der Waals surface area (Å²) in [5, 5.41) is 4.50. The number of hydrogen-bond acceptors (Lipinski definition) is 4. The summed E-state index contributed by atoms with van der Waals surface area (Å²) in [5.74, 6) is 0.957. The maximum atomic E-state index is 4.78. The number of aryl methyl sites for hydroxylation is 2. The van der Waals surface area contributed by atoms with Crippen LogP contribution in [-0.4, -0.2) is 20.6 Å². The molecular formula is C14H22N4S. The highest BCUT2D eigenvalue weighted by molar-refractivity contribution is 7.15. The van der Waals surface area contributed by atoms with E-state index in [0.29, 0.717) is 6.04 Å². The van der Waals surface area contributed by atoms with Gasteiger partial charge < -0.3 is 9.88 Å². The number of nitrogens with zero attached hydrogens (tertiary/aromatic N) is 3. The van der Waals surface area contributed by atoms with Crippen LogP contribution in [0.2, 0.25) is 0 Å². The lowest BCUT2D eigenvalue weighted by atomic mass is 10.2. The summed E-state index contributed by atoms with van der Waals surface area (Å²) in [7, 11) is 2.01. The lowest BCUT2D eigenvalue weighted by Gasteiger charge is -2.07. The van der Waals surface area contributed by atoms with E-state index in [2.05, 4.69) is 31.1 Å². The molecule has 0 unspecified atom stereocenters. The van der Waals surface area contributed by atoms with Crippen molar-refractivity contribution in [2.45, 2.75) is 46.2 Å². The van der Waals surface area contributed by atoms with Gasteiger partial charge in [-0.25, -0.2) is 9.97 Å². The molecule has 0 fully saturated rings. The van der Waals surface area contributed by atoms with Gasteiger partial charge in [-0.3, -0.25) is 0 Å². The molecule has 2 heterocycles.